The summed E-state index contributed by atoms with van der Waals surface area (Å²) in [6.07, 6.45) is -19.5. The molecule has 22 nitrogen and oxygen atoms in total. The van der Waals surface area contributed by atoms with Crippen LogP contribution in [0.3, 0.4) is 0 Å². The highest BCUT2D eigenvalue weighted by Gasteiger charge is 2.54. The number of esters is 1. The lowest BCUT2D eigenvalue weighted by atomic mass is 9.97. The zero-order valence-corrected chi connectivity index (χ0v) is 30.1. The molecule has 1 aromatic heterocycles. The summed E-state index contributed by atoms with van der Waals surface area (Å²) in [7, 11) is 1.12. The molecular formula is C37H36O22. The van der Waals surface area contributed by atoms with Crippen LogP contribution >= 0.6 is 0 Å². The Balaban J connectivity index is 1.42. The monoisotopic (exact) mass is 832 g/mol. The first-order valence-corrected chi connectivity index (χ1v) is 17.2. The van der Waals surface area contributed by atoms with Crippen molar-refractivity contribution in [1.29, 1.82) is 0 Å². The molecular weight excluding hydrogens is 796 g/mol. The molecule has 0 radical (unpaired) electrons. The maximum atomic E-state index is 14.2. The van der Waals surface area contributed by atoms with Gasteiger partial charge in [0.15, 0.2) is 64.9 Å². The largest absolute Gasteiger partial charge is 0.504 e. The lowest BCUT2D eigenvalue weighted by Gasteiger charge is -2.46. The third-order valence-corrected chi connectivity index (χ3v) is 9.31. The molecule has 2 aliphatic heterocycles. The smallest absolute Gasteiger partial charge is 0.335 e. The first-order chi connectivity index (χ1) is 27.9. The minimum atomic E-state index is -2.36. The Morgan fingerprint density at radius 2 is 1.44 bits per heavy atom. The van der Waals surface area contributed by atoms with Gasteiger partial charge >= 0.3 is 11.9 Å². The maximum absolute atomic E-state index is 14.2. The molecule has 316 valence electrons. The highest BCUT2D eigenvalue weighted by molar-refractivity contribution is 5.91. The van der Waals surface area contributed by atoms with Gasteiger partial charge in [0.1, 0.15) is 41.5 Å². The van der Waals surface area contributed by atoms with Crippen LogP contribution in [0.2, 0.25) is 0 Å². The molecule has 3 aromatic carbocycles. The van der Waals surface area contributed by atoms with Crippen LogP contribution in [0.25, 0.3) is 28.4 Å². The van der Waals surface area contributed by atoms with Crippen LogP contribution in [0.15, 0.2) is 57.8 Å². The SMILES string of the molecule is COc1cc2oc(-c3ccc(O)c(O)c3)c(OC3OC(C(=O)O)C(O)C(O)C3OC3OC(CO)C(O)C(O)C3OC(=O)C=Cc3ccc(O)c(O)c3)c(=O)c2c(O)c1O. The normalized spacial score (nSPS) is 27.1. The van der Waals surface area contributed by atoms with Gasteiger partial charge in [0.05, 0.1) is 13.7 Å². The van der Waals surface area contributed by atoms with Crippen molar-refractivity contribution in [3.8, 4) is 57.3 Å². The number of phenols is 6. The summed E-state index contributed by atoms with van der Waals surface area (Å²) in [5.41, 5.74) is -1.75. The Morgan fingerprint density at radius 3 is 2.07 bits per heavy atom. The van der Waals surface area contributed by atoms with Gasteiger partial charge in [-0.25, -0.2) is 9.59 Å². The fourth-order valence-electron chi connectivity index (χ4n) is 6.23. The predicted molar refractivity (Wildman–Crippen MR) is 191 cm³/mol. The van der Waals surface area contributed by atoms with E-state index in [2.05, 4.69) is 0 Å². The second kappa shape index (κ2) is 16.8. The summed E-state index contributed by atoms with van der Waals surface area (Å²) in [4.78, 5) is 39.3. The second-order valence-electron chi connectivity index (χ2n) is 13.1. The first kappa shape index (κ1) is 42.2. The average Bonchev–Trinajstić information content (AvgIpc) is 3.20. The summed E-state index contributed by atoms with van der Waals surface area (Å²) in [6.45, 7) is -0.974. The molecule has 0 saturated carbocycles. The number of carbonyl (C=O) groups is 2. The number of carbonyl (C=O) groups excluding carboxylic acids is 1. The molecule has 0 aliphatic carbocycles. The third kappa shape index (κ3) is 8.19. The topological polar surface area (TPSA) is 362 Å². The molecule has 0 amide bonds. The number of carboxylic acid groups (broad SMARTS) is 1. The fourth-order valence-corrected chi connectivity index (χ4v) is 6.23. The molecule has 12 N–H and O–H groups in total. The van der Waals surface area contributed by atoms with Crippen molar-refractivity contribution in [2.24, 2.45) is 0 Å². The molecule has 10 atom stereocenters. The highest BCUT2D eigenvalue weighted by Crippen LogP contribution is 2.44. The number of aliphatic carboxylic acids is 1. The van der Waals surface area contributed by atoms with E-state index in [9.17, 15) is 75.7 Å². The van der Waals surface area contributed by atoms with Crippen molar-refractivity contribution in [1.82, 2.24) is 0 Å². The number of hydrogen-bond acceptors (Lipinski definition) is 21. The van der Waals surface area contributed by atoms with Crippen LogP contribution < -0.4 is 14.9 Å². The van der Waals surface area contributed by atoms with E-state index in [1.807, 2.05) is 0 Å². The second-order valence-corrected chi connectivity index (χ2v) is 13.1. The van der Waals surface area contributed by atoms with E-state index in [1.165, 1.54) is 6.07 Å². The number of methoxy groups -OCH3 is 1. The molecule has 10 unspecified atom stereocenters. The number of rotatable bonds is 11. The van der Waals surface area contributed by atoms with Gasteiger partial charge in [-0.2, -0.15) is 0 Å². The number of carboxylic acids is 1. The zero-order valence-electron chi connectivity index (χ0n) is 30.1. The van der Waals surface area contributed by atoms with E-state index in [-0.39, 0.29) is 16.9 Å². The summed E-state index contributed by atoms with van der Waals surface area (Å²) in [6, 6.07) is 7.56. The molecule has 59 heavy (non-hydrogen) atoms. The lowest BCUT2D eigenvalue weighted by molar-refractivity contribution is -0.355. The number of aliphatic hydroxyl groups excluding tert-OH is 5. The van der Waals surface area contributed by atoms with Crippen LogP contribution in [0.1, 0.15) is 5.56 Å². The quantitative estimate of drug-likeness (QED) is 0.0493. The van der Waals surface area contributed by atoms with Crippen molar-refractivity contribution in [2.75, 3.05) is 13.7 Å². The summed E-state index contributed by atoms with van der Waals surface area (Å²) >= 11 is 0. The third-order valence-electron chi connectivity index (χ3n) is 9.31. The Bertz CT molecular complexity index is 2320. The van der Waals surface area contributed by atoms with E-state index in [0.717, 1.165) is 55.7 Å². The van der Waals surface area contributed by atoms with Crippen molar-refractivity contribution in [3.05, 3.63) is 64.3 Å². The molecule has 2 saturated heterocycles. The minimum Gasteiger partial charge on any atom is -0.504 e. The number of fused-ring (bicyclic) bond motifs is 1. The predicted octanol–water partition coefficient (Wildman–Crippen LogP) is -0.938. The fraction of sp³-hybridized carbons (Fsp3) is 0.324. The molecule has 6 rings (SSSR count). The van der Waals surface area contributed by atoms with E-state index in [4.69, 9.17) is 32.8 Å². The summed E-state index contributed by atoms with van der Waals surface area (Å²) < 4.78 is 38.9. The Labute approximate surface area is 329 Å². The molecule has 0 bridgehead atoms. The number of aliphatic hydroxyl groups is 5. The average molecular weight is 833 g/mol. The molecule has 2 fully saturated rings. The Kier molecular flexibility index (Phi) is 12.1. The van der Waals surface area contributed by atoms with E-state index in [0.29, 0.717) is 0 Å². The van der Waals surface area contributed by atoms with Crippen LogP contribution in [0, 0.1) is 0 Å². The number of ether oxygens (including phenoxy) is 6. The molecule has 2 aliphatic rings. The lowest BCUT2D eigenvalue weighted by Crippen LogP contribution is -2.66. The van der Waals surface area contributed by atoms with Gasteiger partial charge < -0.3 is 94.1 Å². The van der Waals surface area contributed by atoms with Crippen molar-refractivity contribution >= 4 is 29.0 Å². The van der Waals surface area contributed by atoms with Gasteiger partial charge in [-0.05, 0) is 42.0 Å². The molecule has 4 aromatic rings. The van der Waals surface area contributed by atoms with Gasteiger partial charge in [-0.3, -0.25) is 4.79 Å². The van der Waals surface area contributed by atoms with Gasteiger partial charge in [0.25, 0.3) is 0 Å². The van der Waals surface area contributed by atoms with Crippen LogP contribution in [0.5, 0.6) is 46.0 Å². The first-order valence-electron chi connectivity index (χ1n) is 17.2. The van der Waals surface area contributed by atoms with Crippen molar-refractivity contribution in [2.45, 2.75) is 61.4 Å². The van der Waals surface area contributed by atoms with E-state index < -0.39 is 142 Å². The van der Waals surface area contributed by atoms with E-state index >= 15 is 0 Å². The zero-order chi connectivity index (χ0) is 43.0. The van der Waals surface area contributed by atoms with Gasteiger partial charge in [0.2, 0.25) is 23.2 Å². The van der Waals surface area contributed by atoms with Crippen molar-refractivity contribution < 1.29 is 104 Å². The van der Waals surface area contributed by atoms with Crippen LogP contribution in [-0.4, -0.2) is 148 Å². The van der Waals surface area contributed by atoms with Crippen molar-refractivity contribution in [3.63, 3.8) is 0 Å². The van der Waals surface area contributed by atoms with Gasteiger partial charge in [0, 0.05) is 17.7 Å². The number of benzene rings is 3. The molecule has 22 heteroatoms. The Hall–Kier alpha value is -6.37. The number of aromatic hydroxyl groups is 6. The maximum Gasteiger partial charge on any atom is 0.335 e. The van der Waals surface area contributed by atoms with Crippen LogP contribution in [0.4, 0.5) is 0 Å². The van der Waals surface area contributed by atoms with Crippen LogP contribution in [-0.2, 0) is 28.5 Å². The molecule has 0 spiro atoms. The highest BCUT2D eigenvalue weighted by atomic mass is 16.8. The van der Waals surface area contributed by atoms with Gasteiger partial charge in [-0.1, -0.05) is 6.07 Å². The summed E-state index contributed by atoms with van der Waals surface area (Å²) in [5, 5.41) is 124. The Morgan fingerprint density at radius 1 is 0.780 bits per heavy atom. The van der Waals surface area contributed by atoms with E-state index in [1.54, 1.807) is 0 Å². The number of phenolic OH excluding ortho intramolecular Hbond substituents is 6. The minimum absolute atomic E-state index is 0.193. The standard InChI is InChI=1S/C37H36O22/c1-53-19-10-18-22(25(46)23(19)44)26(47)31(30(54-18)13-4-6-15(40)17(42)9-13)57-37-34(29(50)28(49)32(58-37)35(51)52)59-36-33(27(48)24(45)20(11-38)55-36)56-21(43)7-3-12-2-5-14(39)16(41)8-12/h2-10,20,24,27-29,32-34,36-42,44-46,48-50H,11H2,1H3,(H,51,52). The summed E-state index contributed by atoms with van der Waals surface area (Å²) in [5.74, 6) is -9.34. The number of hydrogen-bond donors (Lipinski definition) is 12. The van der Waals surface area contributed by atoms with Gasteiger partial charge in [-0.15, -0.1) is 0 Å². The molecule has 3 heterocycles.